The van der Waals surface area contributed by atoms with E-state index in [2.05, 4.69) is 10.2 Å². The fourth-order valence-corrected chi connectivity index (χ4v) is 1.13. The van der Waals surface area contributed by atoms with Gasteiger partial charge in [-0.15, -0.1) is 0 Å². The summed E-state index contributed by atoms with van der Waals surface area (Å²) < 4.78 is 0. The summed E-state index contributed by atoms with van der Waals surface area (Å²) in [6, 6.07) is 9.90. The van der Waals surface area contributed by atoms with Crippen molar-refractivity contribution in [2.45, 2.75) is 55.4 Å². The van der Waals surface area contributed by atoms with Crippen molar-refractivity contribution < 1.29 is 0 Å². The van der Waals surface area contributed by atoms with E-state index in [0.29, 0.717) is 0 Å². The highest BCUT2D eigenvalue weighted by molar-refractivity contribution is 5.29. The molecule has 0 radical (unpaired) electrons. The van der Waals surface area contributed by atoms with Crippen LogP contribution in [0.4, 0.5) is 0 Å². The van der Waals surface area contributed by atoms with Gasteiger partial charge < -0.3 is 0 Å². The second-order valence-corrected chi connectivity index (χ2v) is 3.00. The minimum absolute atomic E-state index is 0.976. The molecular formula is C16H29N3. The van der Waals surface area contributed by atoms with Crippen molar-refractivity contribution >= 4 is 0 Å². The van der Waals surface area contributed by atoms with Gasteiger partial charge in [-0.2, -0.15) is 15.0 Å². The molecule has 0 fully saturated rings. The molecule has 0 aliphatic rings. The topological polar surface area (TPSA) is 30.7 Å². The highest BCUT2D eigenvalue weighted by Gasteiger charge is 2.02. The molecule has 0 atom stereocenters. The maximum atomic E-state index is 4.29. The lowest BCUT2D eigenvalue weighted by Gasteiger charge is -1.96. The summed E-state index contributed by atoms with van der Waals surface area (Å²) in [4.78, 5) is 1.66. The van der Waals surface area contributed by atoms with E-state index in [4.69, 9.17) is 0 Å². The second kappa shape index (κ2) is 12.8. The number of aromatic nitrogens is 3. The number of para-hydroxylation sites is 1. The molecule has 19 heavy (non-hydrogen) atoms. The molecular weight excluding hydrogens is 234 g/mol. The molecule has 0 N–H and O–H groups in total. The zero-order chi connectivity index (χ0) is 15.3. The van der Waals surface area contributed by atoms with Gasteiger partial charge in [-0.1, -0.05) is 59.7 Å². The van der Waals surface area contributed by atoms with E-state index in [1.165, 1.54) is 0 Å². The van der Waals surface area contributed by atoms with Gasteiger partial charge in [0.1, 0.15) is 0 Å². The summed E-state index contributed by atoms with van der Waals surface area (Å²) in [5.74, 6) is 0. The standard InChI is InChI=1S/C10H11N3.3C2H6/c1-8-9(2)12-13(11-8)10-6-4-3-5-7-10;3*1-2/h3-7H,1-2H3;3*1-2H3. The lowest BCUT2D eigenvalue weighted by Crippen LogP contribution is -1.97. The van der Waals surface area contributed by atoms with Crippen molar-refractivity contribution in [1.82, 2.24) is 15.0 Å². The van der Waals surface area contributed by atoms with Gasteiger partial charge in [0.05, 0.1) is 17.1 Å². The summed E-state index contributed by atoms with van der Waals surface area (Å²) in [6.07, 6.45) is 0. The Morgan fingerprint density at radius 1 is 0.684 bits per heavy atom. The fraction of sp³-hybridized carbons (Fsp3) is 0.500. The fourth-order valence-electron chi connectivity index (χ4n) is 1.13. The van der Waals surface area contributed by atoms with Crippen LogP contribution in [0.3, 0.4) is 0 Å². The highest BCUT2D eigenvalue weighted by Crippen LogP contribution is 2.06. The van der Waals surface area contributed by atoms with Crippen LogP contribution in [0.5, 0.6) is 0 Å². The van der Waals surface area contributed by atoms with Gasteiger partial charge in [0, 0.05) is 0 Å². The van der Waals surface area contributed by atoms with Gasteiger partial charge in [0.15, 0.2) is 0 Å². The second-order valence-electron chi connectivity index (χ2n) is 3.00. The van der Waals surface area contributed by atoms with Crippen LogP contribution in [0.15, 0.2) is 30.3 Å². The van der Waals surface area contributed by atoms with Crippen molar-refractivity contribution in [3.8, 4) is 5.69 Å². The summed E-state index contributed by atoms with van der Waals surface area (Å²) in [7, 11) is 0. The predicted octanol–water partition coefficient (Wildman–Crippen LogP) is 4.96. The van der Waals surface area contributed by atoms with Gasteiger partial charge in [-0.05, 0) is 26.0 Å². The van der Waals surface area contributed by atoms with E-state index in [0.717, 1.165) is 17.1 Å². The van der Waals surface area contributed by atoms with Crippen molar-refractivity contribution in [3.05, 3.63) is 41.7 Å². The molecule has 108 valence electrons. The van der Waals surface area contributed by atoms with Crippen LogP contribution in [0.2, 0.25) is 0 Å². The van der Waals surface area contributed by atoms with Gasteiger partial charge >= 0.3 is 0 Å². The molecule has 0 saturated heterocycles. The number of nitrogens with zero attached hydrogens (tertiary/aromatic N) is 3. The molecule has 2 aromatic rings. The number of aryl methyl sites for hydroxylation is 2. The lowest BCUT2D eigenvalue weighted by atomic mass is 10.3. The van der Waals surface area contributed by atoms with E-state index in [1.807, 2.05) is 85.7 Å². The molecule has 1 heterocycles. The smallest absolute Gasteiger partial charge is 0.0856 e. The Morgan fingerprint density at radius 3 is 1.42 bits per heavy atom. The first-order valence-corrected chi connectivity index (χ1v) is 7.23. The largest absolute Gasteiger partial charge is 0.153 e. The van der Waals surface area contributed by atoms with E-state index in [1.54, 1.807) is 4.80 Å². The molecule has 2 rings (SSSR count). The van der Waals surface area contributed by atoms with Crippen LogP contribution in [-0.4, -0.2) is 15.0 Å². The van der Waals surface area contributed by atoms with Crippen LogP contribution in [0.1, 0.15) is 52.9 Å². The van der Waals surface area contributed by atoms with Crippen molar-refractivity contribution in [1.29, 1.82) is 0 Å². The number of hydrogen-bond donors (Lipinski definition) is 0. The molecule has 0 aliphatic heterocycles. The van der Waals surface area contributed by atoms with Crippen LogP contribution in [-0.2, 0) is 0 Å². The normalized spacial score (nSPS) is 8.00. The number of benzene rings is 1. The number of rotatable bonds is 1. The molecule has 3 nitrogen and oxygen atoms in total. The Bertz CT molecular complexity index is 386. The third-order valence-corrected chi connectivity index (χ3v) is 2.00. The average molecular weight is 263 g/mol. The Morgan fingerprint density at radius 2 is 1.05 bits per heavy atom. The highest BCUT2D eigenvalue weighted by atomic mass is 15.5. The van der Waals surface area contributed by atoms with Crippen molar-refractivity contribution in [2.75, 3.05) is 0 Å². The monoisotopic (exact) mass is 263 g/mol. The Balaban J connectivity index is 0. The van der Waals surface area contributed by atoms with E-state index >= 15 is 0 Å². The van der Waals surface area contributed by atoms with E-state index < -0.39 is 0 Å². The molecule has 0 spiro atoms. The third kappa shape index (κ3) is 6.75. The lowest BCUT2D eigenvalue weighted by molar-refractivity contribution is 0.741. The van der Waals surface area contributed by atoms with Gasteiger partial charge in [-0.25, -0.2) is 0 Å². The molecule has 0 bridgehead atoms. The molecule has 0 unspecified atom stereocenters. The predicted molar refractivity (Wildman–Crippen MR) is 84.9 cm³/mol. The molecule has 0 amide bonds. The first-order chi connectivity index (χ1) is 9.27. The summed E-state index contributed by atoms with van der Waals surface area (Å²) in [5, 5.41) is 8.57. The van der Waals surface area contributed by atoms with Gasteiger partial charge in [0.2, 0.25) is 0 Å². The Labute approximate surface area is 118 Å². The van der Waals surface area contributed by atoms with Gasteiger partial charge in [-0.3, -0.25) is 0 Å². The van der Waals surface area contributed by atoms with Crippen LogP contribution in [0, 0.1) is 13.8 Å². The first-order valence-electron chi connectivity index (χ1n) is 7.23. The maximum absolute atomic E-state index is 4.29. The summed E-state index contributed by atoms with van der Waals surface area (Å²) in [6.45, 7) is 15.9. The third-order valence-electron chi connectivity index (χ3n) is 2.00. The Hall–Kier alpha value is -1.64. The van der Waals surface area contributed by atoms with Crippen molar-refractivity contribution in [3.63, 3.8) is 0 Å². The molecule has 1 aromatic carbocycles. The van der Waals surface area contributed by atoms with Crippen molar-refractivity contribution in [2.24, 2.45) is 0 Å². The van der Waals surface area contributed by atoms with Crippen LogP contribution in [0.25, 0.3) is 5.69 Å². The van der Waals surface area contributed by atoms with Gasteiger partial charge in [0.25, 0.3) is 0 Å². The van der Waals surface area contributed by atoms with Crippen LogP contribution < -0.4 is 0 Å². The quantitative estimate of drug-likeness (QED) is 0.727. The van der Waals surface area contributed by atoms with Crippen LogP contribution >= 0.6 is 0 Å². The molecule has 0 aliphatic carbocycles. The molecule has 3 heteroatoms. The molecule has 0 saturated carbocycles. The zero-order valence-corrected chi connectivity index (χ0v) is 13.7. The zero-order valence-electron chi connectivity index (χ0n) is 13.7. The minimum Gasteiger partial charge on any atom is -0.153 e. The maximum Gasteiger partial charge on any atom is 0.0856 e. The van der Waals surface area contributed by atoms with E-state index in [9.17, 15) is 0 Å². The summed E-state index contributed by atoms with van der Waals surface area (Å²) >= 11 is 0. The average Bonchev–Trinajstić information content (AvgIpc) is 2.86. The minimum atomic E-state index is 0.976. The number of hydrogen-bond acceptors (Lipinski definition) is 2. The van der Waals surface area contributed by atoms with E-state index in [-0.39, 0.29) is 0 Å². The Kier molecular flexibility index (Phi) is 13.3. The SMILES string of the molecule is CC.CC.CC.Cc1nn(-c2ccccc2)nc1C. The summed E-state index contributed by atoms with van der Waals surface area (Å²) in [5.41, 5.74) is 2.95. The molecule has 1 aromatic heterocycles. The first kappa shape index (κ1) is 19.7.